The van der Waals surface area contributed by atoms with Crippen LogP contribution in [-0.2, 0) is 27.2 Å². The van der Waals surface area contributed by atoms with Crippen molar-refractivity contribution in [2.75, 3.05) is 76.9 Å². The molecule has 0 atom stereocenters. The predicted molar refractivity (Wildman–Crippen MR) is 372 cm³/mol. The minimum Gasteiger partial charge on any atom is -0.480 e. The molecule has 1 aliphatic carbocycles. The van der Waals surface area contributed by atoms with E-state index in [1.54, 1.807) is 34.1 Å². The van der Waals surface area contributed by atoms with E-state index in [0.29, 0.717) is 94.4 Å². The van der Waals surface area contributed by atoms with Crippen LogP contribution in [0.5, 0.6) is 0 Å². The fraction of sp³-hybridized carbons (Fsp3) is 0.375. The van der Waals surface area contributed by atoms with Crippen molar-refractivity contribution in [1.82, 2.24) is 63.4 Å². The molecule has 0 unspecified atom stereocenters. The third-order valence-electron chi connectivity index (χ3n) is 18.2. The molecule has 1 N–H and O–H groups in total. The second-order valence-electron chi connectivity index (χ2n) is 24.4. The van der Waals surface area contributed by atoms with Gasteiger partial charge < -0.3 is 24.7 Å². The Labute approximate surface area is 576 Å². The van der Waals surface area contributed by atoms with Crippen molar-refractivity contribution in [3.8, 4) is 56.9 Å². The van der Waals surface area contributed by atoms with Gasteiger partial charge in [-0.05, 0) is 137 Å². The summed E-state index contributed by atoms with van der Waals surface area (Å²) >= 11 is 2.55. The minimum absolute atomic E-state index is 0.0671. The van der Waals surface area contributed by atoms with Gasteiger partial charge in [0.15, 0.2) is 10.3 Å². The number of carboxylic acid groups (broad SMARTS) is 1. The van der Waals surface area contributed by atoms with Crippen molar-refractivity contribution in [2.45, 2.75) is 109 Å². The normalized spacial score (nSPS) is 15.1. The van der Waals surface area contributed by atoms with Gasteiger partial charge in [-0.25, -0.2) is 48.7 Å². The first-order valence-electron chi connectivity index (χ1n) is 33.7. The fourth-order valence-electron chi connectivity index (χ4n) is 12.9. The zero-order valence-corrected chi connectivity index (χ0v) is 56.8. The number of carboxylic acids is 1. The summed E-state index contributed by atoms with van der Waals surface area (Å²) in [6, 6.07) is 24.4. The zero-order valence-electron chi connectivity index (χ0n) is 56.1. The molecular weight excluding hydrogens is 1290 g/mol. The Morgan fingerprint density at radius 3 is 1.29 bits per heavy atom. The van der Waals surface area contributed by atoms with Gasteiger partial charge in [-0.2, -0.15) is 10.5 Å². The number of anilines is 4. The molecule has 0 bridgehead atoms. The Kier molecular flexibility index (Phi) is 22.1. The van der Waals surface area contributed by atoms with E-state index in [2.05, 4.69) is 22.1 Å². The van der Waals surface area contributed by atoms with E-state index in [1.165, 1.54) is 79.0 Å². The molecule has 4 aliphatic rings. The van der Waals surface area contributed by atoms with Gasteiger partial charge >= 0.3 is 17.8 Å². The smallest absolute Gasteiger partial charge is 0.317 e. The first-order chi connectivity index (χ1) is 48.1. The lowest BCUT2D eigenvalue weighted by Crippen LogP contribution is -2.47. The van der Waals surface area contributed by atoms with Crippen molar-refractivity contribution in [3.05, 3.63) is 154 Å². The number of aryl methyl sites for hydroxylation is 2. The topological polar surface area (TPSA) is 247 Å². The summed E-state index contributed by atoms with van der Waals surface area (Å²) in [5.74, 6) is 1.25. The van der Waals surface area contributed by atoms with Gasteiger partial charge in [0.1, 0.15) is 79.5 Å². The van der Waals surface area contributed by atoms with Crippen LogP contribution in [0, 0.1) is 34.3 Å². The van der Waals surface area contributed by atoms with Crippen LogP contribution in [0.15, 0.2) is 110 Å². The molecule has 3 saturated heterocycles. The van der Waals surface area contributed by atoms with E-state index >= 15 is 0 Å². The summed E-state index contributed by atoms with van der Waals surface area (Å²) in [5, 5.41) is 30.0. The van der Waals surface area contributed by atoms with Gasteiger partial charge in [0, 0.05) is 123 Å². The average Bonchev–Trinajstić information content (AvgIpc) is 1.63. The number of nitrogens with zero attached hydrogens (tertiary/aromatic N) is 17. The quantitative estimate of drug-likeness (QED) is 0.0994. The summed E-state index contributed by atoms with van der Waals surface area (Å²) in [4.78, 5) is 84.5. The lowest BCUT2D eigenvalue weighted by Gasteiger charge is -2.31. The summed E-state index contributed by atoms with van der Waals surface area (Å²) in [6.45, 7) is 7.96. The third-order valence-corrected chi connectivity index (χ3v) is 20.2. The van der Waals surface area contributed by atoms with E-state index < -0.39 is 19.0 Å². The number of carbonyl (C=O) groups excluding carboxylic acids is 2. The van der Waals surface area contributed by atoms with Crippen molar-refractivity contribution < 1.29 is 34.0 Å². The SMILES string of the molecule is C1CCCC1.CCc1nc2ccc(-c3cnc(C4CCN(C(=O)C(=O)N5CCCC5)CC4)nc3)cn2c1N(C)c1nc(-c2ccc(F)cc2)c(C#N)s1.CCc1nc2ccc(-c3cnc(C4CCN(CC(=O)O)CC4)nc3)cn2c1N(C)c1nc(-c2ccc(F)cc2)c(C#N)s1.[2H]CF. The Bertz CT molecular complexity index is 4520. The van der Waals surface area contributed by atoms with Crippen LogP contribution in [0.4, 0.5) is 35.1 Å². The molecule has 0 spiro atoms. The predicted octanol–water partition coefficient (Wildman–Crippen LogP) is 13.6. The number of likely N-dealkylation sites (tertiary alicyclic amines) is 3. The number of hydrogen-bond acceptors (Lipinski definition) is 18. The molecule has 0 radical (unpaired) electrons. The standard InChI is InChI=1S/C35H34FN9O2S.C31H29FN8O2S.C5H10.CH3F/c1-3-27-32(42(2)35-41-30(28(18-37)48-35)22-6-9-26(36)10-7-22)45-21-24(8-11-29(45)40-27)25-19-38-31(39-20-25)23-12-16-44(17-13-23)34(47)33(46)43-14-4-5-15-43;1-3-24-30(38(2)31-37-28(25(14-33)43-31)19-4-7-23(32)8-5-19)40-17-21(6-9-26(40)36-24)22-15-34-29(35-16-22)20-10-12-39(13-11-20)18-27(41)42;1-2-4-5-3-1;1-2/h6-11,19-21,23H,3-5,12-17H2,1-2H3;4-9,15-17,20H,3,10-13,18H2,1-2H3,(H,41,42);1-5H2;1H3/i;;;1D. The average molecular weight is 1370 g/mol. The Morgan fingerprint density at radius 2 is 0.918 bits per heavy atom. The number of pyridine rings is 2. The second-order valence-corrected chi connectivity index (χ2v) is 26.4. The van der Waals surface area contributed by atoms with E-state index in [9.17, 15) is 38.1 Å². The third kappa shape index (κ3) is 15.5. The van der Waals surface area contributed by atoms with Crippen molar-refractivity contribution >= 4 is 73.7 Å². The maximum atomic E-state index is 13.6. The number of aromatic nitrogens is 10. The van der Waals surface area contributed by atoms with Gasteiger partial charge in [0.05, 0.1) is 26.5 Å². The number of hydrogen-bond donors (Lipinski definition) is 1. The van der Waals surface area contributed by atoms with Crippen LogP contribution < -0.4 is 9.80 Å². The number of aliphatic carboxylic acids is 1. The number of carbonyl (C=O) groups is 3. The van der Waals surface area contributed by atoms with Gasteiger partial charge in [0.2, 0.25) is 0 Å². The van der Waals surface area contributed by atoms with Crippen molar-refractivity contribution in [1.29, 1.82) is 10.5 Å². The molecule has 98 heavy (non-hydrogen) atoms. The van der Waals surface area contributed by atoms with Gasteiger partial charge in [0.25, 0.3) is 0 Å². The number of rotatable bonds is 14. The summed E-state index contributed by atoms with van der Waals surface area (Å²) in [6.07, 6.45) is 25.2. The highest BCUT2D eigenvalue weighted by Crippen LogP contribution is 2.40. The molecule has 506 valence electrons. The molecular formula is C72H76F3N17O4S2. The second kappa shape index (κ2) is 31.9. The molecule has 21 nitrogen and oxygen atoms in total. The summed E-state index contributed by atoms with van der Waals surface area (Å²) < 4.78 is 46.6. The maximum absolute atomic E-state index is 13.6. The Morgan fingerprint density at radius 1 is 0.551 bits per heavy atom. The monoisotopic (exact) mass is 1360 g/mol. The molecule has 10 aromatic rings. The van der Waals surface area contributed by atoms with Crippen LogP contribution >= 0.6 is 22.7 Å². The molecule has 26 heteroatoms. The lowest BCUT2D eigenvalue weighted by molar-refractivity contribution is -0.151. The number of nitriles is 2. The van der Waals surface area contributed by atoms with Gasteiger partial charge in [-0.15, -0.1) is 0 Å². The molecule has 14 rings (SSSR count). The first-order valence-corrected chi connectivity index (χ1v) is 34.6. The Hall–Kier alpha value is -10.0. The largest absolute Gasteiger partial charge is 0.480 e. The van der Waals surface area contributed by atoms with Crippen LogP contribution in [0.25, 0.3) is 56.1 Å². The first kappa shape index (κ1) is 67.9. The van der Waals surface area contributed by atoms with E-state index in [0.717, 1.165) is 107 Å². The number of amides is 2. The highest BCUT2D eigenvalue weighted by atomic mass is 32.1. The fourth-order valence-corrected chi connectivity index (χ4v) is 14.6. The number of imidazole rings is 2. The molecule has 4 fully saturated rings. The minimum atomic E-state index is -1.00. The van der Waals surface area contributed by atoms with Gasteiger partial charge in [-0.3, -0.25) is 32.5 Å². The molecule has 1 saturated carbocycles. The summed E-state index contributed by atoms with van der Waals surface area (Å²) in [5.41, 5.74) is 9.27. The number of thiazole rings is 2. The van der Waals surface area contributed by atoms with Crippen LogP contribution in [0.1, 0.15) is 130 Å². The molecule has 2 amide bonds. The highest BCUT2D eigenvalue weighted by molar-refractivity contribution is 7.17. The maximum Gasteiger partial charge on any atom is 0.317 e. The van der Waals surface area contributed by atoms with E-state index in [-0.39, 0.29) is 35.9 Å². The zero-order chi connectivity index (χ0) is 69.7. The molecule has 3 aliphatic heterocycles. The molecule has 2 aromatic carbocycles. The van der Waals surface area contributed by atoms with Gasteiger partial charge in [-0.1, -0.05) is 68.6 Å². The molecule has 8 aromatic heterocycles. The number of benzene rings is 2. The van der Waals surface area contributed by atoms with Crippen LogP contribution in [0.3, 0.4) is 0 Å². The highest BCUT2D eigenvalue weighted by Gasteiger charge is 2.33. The number of halogens is 3. The van der Waals surface area contributed by atoms with E-state index in [1.807, 2.05) is 113 Å². The lowest BCUT2D eigenvalue weighted by atomic mass is 9.95. The van der Waals surface area contributed by atoms with Crippen LogP contribution in [0.2, 0.25) is 0 Å². The Balaban J connectivity index is 0.000000181. The summed E-state index contributed by atoms with van der Waals surface area (Å²) in [7, 11) is 2.81. The van der Waals surface area contributed by atoms with Crippen LogP contribution in [-0.4, -0.2) is 153 Å². The number of alkyl halides is 1. The van der Waals surface area contributed by atoms with Crippen molar-refractivity contribution in [2.24, 2.45) is 0 Å². The number of fused-ring (bicyclic) bond motifs is 2. The number of piperidine rings is 2. The van der Waals surface area contributed by atoms with E-state index in [4.69, 9.17) is 36.4 Å². The molecule has 11 heterocycles. The van der Waals surface area contributed by atoms with Crippen molar-refractivity contribution in [3.63, 3.8) is 0 Å².